The number of morpholine rings is 1. The predicted octanol–water partition coefficient (Wildman–Crippen LogP) is 1.96. The lowest BCUT2D eigenvalue weighted by atomic mass is 10.2. The van der Waals surface area contributed by atoms with Gasteiger partial charge in [-0.05, 0) is 24.1 Å². The Morgan fingerprint density at radius 1 is 1.32 bits per heavy atom. The van der Waals surface area contributed by atoms with Crippen LogP contribution < -0.4 is 5.32 Å². The average Bonchev–Trinajstić information content (AvgIpc) is 3.10. The smallest absolute Gasteiger partial charge is 0.271 e. The summed E-state index contributed by atoms with van der Waals surface area (Å²) in [6, 6.07) is 11.5. The fourth-order valence-electron chi connectivity index (χ4n) is 3.05. The van der Waals surface area contributed by atoms with Gasteiger partial charge in [0.15, 0.2) is 5.69 Å². The lowest BCUT2D eigenvalue weighted by Crippen LogP contribution is -2.48. The summed E-state index contributed by atoms with van der Waals surface area (Å²) in [6.45, 7) is 8.54. The number of hydrogen-bond donors (Lipinski definition) is 1. The molecular weight excluding hydrogens is 316 g/mol. The zero-order valence-electron chi connectivity index (χ0n) is 14.9. The molecule has 1 N–H and O–H groups in total. The zero-order valence-corrected chi connectivity index (χ0v) is 14.9. The molecule has 2 aromatic rings. The summed E-state index contributed by atoms with van der Waals surface area (Å²) in [5, 5.41) is 7.29. The molecule has 1 aliphatic rings. The Hall–Kier alpha value is -2.18. The number of aromatic nitrogens is 2. The van der Waals surface area contributed by atoms with Crippen molar-refractivity contribution in [3.63, 3.8) is 0 Å². The molecule has 0 aliphatic carbocycles. The van der Waals surface area contributed by atoms with Gasteiger partial charge < -0.3 is 10.1 Å². The molecule has 2 heterocycles. The number of amides is 1. The Morgan fingerprint density at radius 3 is 2.88 bits per heavy atom. The molecule has 6 nitrogen and oxygen atoms in total. The highest BCUT2D eigenvalue weighted by atomic mass is 16.5. The van der Waals surface area contributed by atoms with Crippen LogP contribution in [0.1, 0.15) is 24.3 Å². The Kier molecular flexibility index (Phi) is 5.83. The Bertz CT molecular complexity index is 684. The van der Waals surface area contributed by atoms with Crippen molar-refractivity contribution < 1.29 is 9.53 Å². The van der Waals surface area contributed by atoms with Gasteiger partial charge in [0.2, 0.25) is 0 Å². The number of ether oxygens (including phenoxy) is 1. The minimum absolute atomic E-state index is 0.0349. The maximum Gasteiger partial charge on any atom is 0.271 e. The number of carbonyl (C=O) groups is 1. The minimum atomic E-state index is -0.167. The van der Waals surface area contributed by atoms with Crippen molar-refractivity contribution in [3.8, 4) is 5.69 Å². The van der Waals surface area contributed by atoms with Crippen LogP contribution in [0.3, 0.4) is 0 Å². The van der Waals surface area contributed by atoms with E-state index in [1.807, 2.05) is 30.3 Å². The third-order valence-electron chi connectivity index (χ3n) is 4.18. The molecule has 0 saturated carbocycles. The van der Waals surface area contributed by atoms with Crippen LogP contribution in [-0.2, 0) is 4.74 Å². The van der Waals surface area contributed by atoms with E-state index in [9.17, 15) is 4.79 Å². The Balaban J connectivity index is 1.52. The SMILES string of the molecule is CC(C)CN1CCOC(CNC(=O)c2ccn(-c3ccccc3)n2)C1. The van der Waals surface area contributed by atoms with E-state index in [0.717, 1.165) is 31.9 Å². The molecule has 0 bridgehead atoms. The van der Waals surface area contributed by atoms with Crippen molar-refractivity contribution in [1.82, 2.24) is 20.0 Å². The second-order valence-electron chi connectivity index (χ2n) is 6.84. The first kappa shape index (κ1) is 17.6. The summed E-state index contributed by atoms with van der Waals surface area (Å²) in [7, 11) is 0. The first-order valence-corrected chi connectivity index (χ1v) is 8.85. The van der Waals surface area contributed by atoms with E-state index in [-0.39, 0.29) is 12.0 Å². The summed E-state index contributed by atoms with van der Waals surface area (Å²) in [5.74, 6) is 0.467. The van der Waals surface area contributed by atoms with E-state index < -0.39 is 0 Å². The molecule has 134 valence electrons. The van der Waals surface area contributed by atoms with Crippen LogP contribution in [0.5, 0.6) is 0 Å². The van der Waals surface area contributed by atoms with Gasteiger partial charge in [-0.2, -0.15) is 5.10 Å². The van der Waals surface area contributed by atoms with Gasteiger partial charge in [0.1, 0.15) is 0 Å². The molecule has 25 heavy (non-hydrogen) atoms. The van der Waals surface area contributed by atoms with Crippen molar-refractivity contribution in [2.75, 3.05) is 32.8 Å². The van der Waals surface area contributed by atoms with Crippen molar-refractivity contribution in [2.24, 2.45) is 5.92 Å². The highest BCUT2D eigenvalue weighted by molar-refractivity contribution is 5.92. The van der Waals surface area contributed by atoms with Crippen LogP contribution >= 0.6 is 0 Å². The quantitative estimate of drug-likeness (QED) is 0.872. The molecule has 0 spiro atoms. The summed E-state index contributed by atoms with van der Waals surface area (Å²) in [4.78, 5) is 14.7. The van der Waals surface area contributed by atoms with E-state index in [1.54, 1.807) is 16.9 Å². The summed E-state index contributed by atoms with van der Waals surface area (Å²) >= 11 is 0. The monoisotopic (exact) mass is 342 g/mol. The Morgan fingerprint density at radius 2 is 2.12 bits per heavy atom. The Labute approximate surface area is 148 Å². The van der Waals surface area contributed by atoms with E-state index in [0.29, 0.717) is 18.2 Å². The van der Waals surface area contributed by atoms with Gasteiger partial charge in [0, 0.05) is 32.4 Å². The molecule has 1 aliphatic heterocycles. The van der Waals surface area contributed by atoms with Gasteiger partial charge in [-0.1, -0.05) is 32.0 Å². The van der Waals surface area contributed by atoms with Crippen molar-refractivity contribution >= 4 is 5.91 Å². The second-order valence-corrected chi connectivity index (χ2v) is 6.84. The number of carbonyl (C=O) groups excluding carboxylic acids is 1. The molecule has 1 fully saturated rings. The van der Waals surface area contributed by atoms with Crippen molar-refractivity contribution in [2.45, 2.75) is 20.0 Å². The number of nitrogens with zero attached hydrogens (tertiary/aromatic N) is 3. The average molecular weight is 342 g/mol. The molecular formula is C19H26N4O2. The number of rotatable bonds is 6. The van der Waals surface area contributed by atoms with Gasteiger partial charge in [-0.15, -0.1) is 0 Å². The molecule has 1 amide bonds. The normalized spacial score (nSPS) is 18.4. The van der Waals surface area contributed by atoms with Gasteiger partial charge in [0.25, 0.3) is 5.91 Å². The van der Waals surface area contributed by atoms with E-state index in [2.05, 4.69) is 29.2 Å². The van der Waals surface area contributed by atoms with Crippen LogP contribution in [0.25, 0.3) is 5.69 Å². The zero-order chi connectivity index (χ0) is 17.6. The largest absolute Gasteiger partial charge is 0.374 e. The topological polar surface area (TPSA) is 59.4 Å². The van der Waals surface area contributed by atoms with E-state index in [4.69, 9.17) is 4.74 Å². The van der Waals surface area contributed by atoms with Crippen molar-refractivity contribution in [1.29, 1.82) is 0 Å². The number of para-hydroxylation sites is 1. The summed E-state index contributed by atoms with van der Waals surface area (Å²) < 4.78 is 7.47. The number of hydrogen-bond acceptors (Lipinski definition) is 4. The van der Waals surface area contributed by atoms with E-state index >= 15 is 0 Å². The first-order chi connectivity index (χ1) is 12.1. The van der Waals surface area contributed by atoms with Crippen LogP contribution in [0.15, 0.2) is 42.6 Å². The van der Waals surface area contributed by atoms with Crippen molar-refractivity contribution in [3.05, 3.63) is 48.3 Å². The first-order valence-electron chi connectivity index (χ1n) is 8.85. The third-order valence-corrected chi connectivity index (χ3v) is 4.18. The molecule has 0 radical (unpaired) electrons. The van der Waals surface area contributed by atoms with Crippen LogP contribution in [0.4, 0.5) is 0 Å². The molecule has 1 aromatic carbocycles. The van der Waals surface area contributed by atoms with Crippen LogP contribution in [0, 0.1) is 5.92 Å². The molecule has 1 atom stereocenters. The predicted molar refractivity (Wildman–Crippen MR) is 96.9 cm³/mol. The number of benzene rings is 1. The fraction of sp³-hybridized carbons (Fsp3) is 0.474. The molecule has 3 rings (SSSR count). The highest BCUT2D eigenvalue weighted by Gasteiger charge is 2.22. The summed E-state index contributed by atoms with van der Waals surface area (Å²) in [5.41, 5.74) is 1.35. The van der Waals surface area contributed by atoms with Gasteiger partial charge in [0.05, 0.1) is 18.4 Å². The van der Waals surface area contributed by atoms with Crippen LogP contribution in [0.2, 0.25) is 0 Å². The standard InChI is InChI=1S/C19H26N4O2/c1-15(2)13-22-10-11-25-17(14-22)12-20-19(24)18-8-9-23(21-18)16-6-4-3-5-7-16/h3-9,15,17H,10-14H2,1-2H3,(H,20,24). The second kappa shape index (κ2) is 8.27. The minimum Gasteiger partial charge on any atom is -0.374 e. The fourth-order valence-corrected chi connectivity index (χ4v) is 3.05. The van der Waals surface area contributed by atoms with Gasteiger partial charge in [-0.3, -0.25) is 9.69 Å². The third kappa shape index (κ3) is 4.90. The highest BCUT2D eigenvalue weighted by Crippen LogP contribution is 2.09. The summed E-state index contributed by atoms with van der Waals surface area (Å²) in [6.07, 6.45) is 1.83. The lowest BCUT2D eigenvalue weighted by molar-refractivity contribution is -0.0295. The van der Waals surface area contributed by atoms with Gasteiger partial charge in [-0.25, -0.2) is 4.68 Å². The van der Waals surface area contributed by atoms with E-state index in [1.165, 1.54) is 0 Å². The molecule has 1 unspecified atom stereocenters. The maximum absolute atomic E-state index is 12.3. The molecule has 1 aromatic heterocycles. The molecule has 1 saturated heterocycles. The van der Waals surface area contributed by atoms with Crippen LogP contribution in [-0.4, -0.2) is 59.5 Å². The van der Waals surface area contributed by atoms with Gasteiger partial charge >= 0.3 is 0 Å². The maximum atomic E-state index is 12.3. The lowest BCUT2D eigenvalue weighted by Gasteiger charge is -2.33. The number of nitrogens with one attached hydrogen (secondary N) is 1. The molecule has 6 heteroatoms.